The lowest BCUT2D eigenvalue weighted by Crippen LogP contribution is -2.12. The Morgan fingerprint density at radius 2 is 1.56 bits per heavy atom. The largest absolute Gasteiger partial charge is 0.399 e. The number of nitrogen functional groups attached to an aromatic ring is 1. The minimum absolute atomic E-state index is 0. The van der Waals surface area contributed by atoms with E-state index in [4.69, 9.17) is 5.73 Å². The second kappa shape index (κ2) is 6.74. The van der Waals surface area contributed by atoms with Gasteiger partial charge in [-0.3, -0.25) is 9.78 Å². The maximum Gasteiger partial charge on any atom is 0.257 e. The van der Waals surface area contributed by atoms with Crippen molar-refractivity contribution in [1.29, 1.82) is 0 Å². The number of pyridine rings is 1. The van der Waals surface area contributed by atoms with E-state index in [1.54, 1.807) is 30.5 Å². The van der Waals surface area contributed by atoms with Crippen LogP contribution in [0.4, 0.5) is 11.4 Å². The second-order valence-electron chi connectivity index (χ2n) is 5.29. The molecule has 1 heterocycles. The molecule has 0 radical (unpaired) electrons. The summed E-state index contributed by atoms with van der Waals surface area (Å²) in [7, 11) is -3.63. The molecule has 0 bridgehead atoms. The van der Waals surface area contributed by atoms with Gasteiger partial charge in [0.1, 0.15) is 0 Å². The number of rotatable bonds is 4. The SMILES string of the molecule is Nc1ccc(S(=O)(=O)c2ccc(NC(=O)c3cccnc3)cc2)cc1.[HH].[HH].[HH]. The highest BCUT2D eigenvalue weighted by Gasteiger charge is 2.17. The minimum atomic E-state index is -3.63. The molecule has 0 aliphatic heterocycles. The molecular formula is C18H21N3O3S. The molecule has 6 nitrogen and oxygen atoms in total. The standard InChI is InChI=1S/C18H15N3O3S.3H2/c19-14-3-7-16(8-4-14)25(23,24)17-9-5-15(6-10-17)21-18(22)13-2-1-11-20-12-13;;;/h1-12H,19H2,(H,21,22);3*1H. The molecule has 25 heavy (non-hydrogen) atoms. The second-order valence-corrected chi connectivity index (χ2v) is 7.24. The molecule has 0 saturated heterocycles. The van der Waals surface area contributed by atoms with E-state index in [0.717, 1.165) is 0 Å². The predicted octanol–water partition coefficient (Wildman–Crippen LogP) is 3.49. The number of amides is 1. The van der Waals surface area contributed by atoms with Crippen molar-refractivity contribution in [2.45, 2.75) is 9.79 Å². The summed E-state index contributed by atoms with van der Waals surface area (Å²) in [5, 5.41) is 2.69. The normalized spacial score (nSPS) is 11.0. The number of sulfone groups is 1. The molecule has 3 N–H and O–H groups in total. The maximum atomic E-state index is 12.6. The summed E-state index contributed by atoms with van der Waals surface area (Å²) >= 11 is 0. The van der Waals surface area contributed by atoms with Gasteiger partial charge in [0.05, 0.1) is 15.4 Å². The van der Waals surface area contributed by atoms with Crippen molar-refractivity contribution in [2.75, 3.05) is 11.1 Å². The molecule has 0 aliphatic rings. The Kier molecular flexibility index (Phi) is 4.49. The van der Waals surface area contributed by atoms with Crippen LogP contribution in [0.1, 0.15) is 14.6 Å². The van der Waals surface area contributed by atoms with E-state index < -0.39 is 9.84 Å². The average molecular weight is 359 g/mol. The molecule has 0 saturated carbocycles. The Balaban J connectivity index is 0.00000243. The summed E-state index contributed by atoms with van der Waals surface area (Å²) in [6, 6.07) is 15.3. The van der Waals surface area contributed by atoms with Crippen molar-refractivity contribution in [2.24, 2.45) is 0 Å². The number of nitrogens with one attached hydrogen (secondary N) is 1. The molecule has 0 spiro atoms. The molecule has 0 unspecified atom stereocenters. The number of aromatic nitrogens is 1. The predicted molar refractivity (Wildman–Crippen MR) is 101 cm³/mol. The number of benzene rings is 2. The molecule has 1 amide bonds. The number of hydrogen-bond acceptors (Lipinski definition) is 5. The van der Waals surface area contributed by atoms with Crippen LogP contribution in [0.15, 0.2) is 82.8 Å². The quantitative estimate of drug-likeness (QED) is 0.694. The number of carbonyl (C=O) groups excluding carboxylic acids is 1. The Bertz CT molecular complexity index is 998. The van der Waals surface area contributed by atoms with Gasteiger partial charge < -0.3 is 11.1 Å². The Labute approximate surface area is 149 Å². The third-order valence-corrected chi connectivity index (χ3v) is 5.32. The van der Waals surface area contributed by atoms with E-state index in [1.807, 2.05) is 0 Å². The lowest BCUT2D eigenvalue weighted by molar-refractivity contribution is 0.102. The van der Waals surface area contributed by atoms with Crippen LogP contribution in [-0.2, 0) is 9.84 Å². The molecular weight excluding hydrogens is 338 g/mol. The fourth-order valence-electron chi connectivity index (χ4n) is 2.20. The highest BCUT2D eigenvalue weighted by molar-refractivity contribution is 7.91. The van der Waals surface area contributed by atoms with Crippen molar-refractivity contribution in [1.82, 2.24) is 4.98 Å². The zero-order valence-electron chi connectivity index (χ0n) is 13.1. The topological polar surface area (TPSA) is 102 Å². The Morgan fingerprint density at radius 1 is 0.960 bits per heavy atom. The molecule has 7 heteroatoms. The molecule has 0 atom stereocenters. The third-order valence-electron chi connectivity index (χ3n) is 3.54. The van der Waals surface area contributed by atoms with Crippen LogP contribution in [0.2, 0.25) is 0 Å². The fourth-order valence-corrected chi connectivity index (χ4v) is 3.46. The highest BCUT2D eigenvalue weighted by atomic mass is 32.2. The summed E-state index contributed by atoms with van der Waals surface area (Å²) in [5.74, 6) is -0.317. The van der Waals surface area contributed by atoms with Gasteiger partial charge in [0.15, 0.2) is 0 Å². The summed E-state index contributed by atoms with van der Waals surface area (Å²) in [4.78, 5) is 16.2. The minimum Gasteiger partial charge on any atom is -0.399 e. The maximum absolute atomic E-state index is 12.6. The zero-order valence-corrected chi connectivity index (χ0v) is 13.9. The van der Waals surface area contributed by atoms with E-state index in [1.165, 1.54) is 42.6 Å². The van der Waals surface area contributed by atoms with Crippen molar-refractivity contribution in [3.8, 4) is 0 Å². The molecule has 1 aromatic heterocycles. The lowest BCUT2D eigenvalue weighted by Gasteiger charge is -2.08. The fraction of sp³-hybridized carbons (Fsp3) is 0. The first-order chi connectivity index (χ1) is 12.0. The molecule has 0 aliphatic carbocycles. The molecule has 2 aromatic carbocycles. The van der Waals surface area contributed by atoms with Gasteiger partial charge in [-0.1, -0.05) is 0 Å². The van der Waals surface area contributed by atoms with E-state index >= 15 is 0 Å². The van der Waals surface area contributed by atoms with Gasteiger partial charge in [-0.15, -0.1) is 0 Å². The van der Waals surface area contributed by atoms with Gasteiger partial charge >= 0.3 is 0 Å². The monoisotopic (exact) mass is 359 g/mol. The van der Waals surface area contributed by atoms with Gasteiger partial charge in [0.25, 0.3) is 5.91 Å². The zero-order chi connectivity index (χ0) is 17.9. The van der Waals surface area contributed by atoms with Crippen molar-refractivity contribution >= 4 is 27.1 Å². The Hall–Kier alpha value is -3.19. The van der Waals surface area contributed by atoms with E-state index in [2.05, 4.69) is 10.3 Å². The number of nitrogens with zero attached hydrogens (tertiary/aromatic N) is 1. The van der Waals surface area contributed by atoms with Crippen LogP contribution < -0.4 is 11.1 Å². The van der Waals surface area contributed by atoms with Gasteiger partial charge in [-0.2, -0.15) is 0 Å². The van der Waals surface area contributed by atoms with Crippen LogP contribution in [-0.4, -0.2) is 19.3 Å². The van der Waals surface area contributed by atoms with E-state index in [0.29, 0.717) is 16.9 Å². The van der Waals surface area contributed by atoms with Crippen LogP contribution in [0.3, 0.4) is 0 Å². The van der Waals surface area contributed by atoms with Gasteiger partial charge in [-0.25, -0.2) is 8.42 Å². The summed E-state index contributed by atoms with van der Waals surface area (Å²) in [5.41, 5.74) is 6.98. The molecule has 3 rings (SSSR count). The summed E-state index contributed by atoms with van der Waals surface area (Å²) < 4.78 is 25.1. The van der Waals surface area contributed by atoms with E-state index in [-0.39, 0.29) is 20.0 Å². The molecule has 3 aromatic rings. The lowest BCUT2D eigenvalue weighted by atomic mass is 10.2. The Morgan fingerprint density at radius 3 is 2.12 bits per heavy atom. The van der Waals surface area contributed by atoms with Crippen LogP contribution in [0.5, 0.6) is 0 Å². The first-order valence-electron chi connectivity index (χ1n) is 7.39. The third kappa shape index (κ3) is 3.67. The van der Waals surface area contributed by atoms with E-state index in [9.17, 15) is 13.2 Å². The first-order valence-corrected chi connectivity index (χ1v) is 8.87. The smallest absolute Gasteiger partial charge is 0.257 e. The number of hydrogen-bond donors (Lipinski definition) is 2. The first kappa shape index (κ1) is 16.7. The van der Waals surface area contributed by atoms with Gasteiger partial charge in [0.2, 0.25) is 9.84 Å². The summed E-state index contributed by atoms with van der Waals surface area (Å²) in [6.07, 6.45) is 3.03. The molecule has 0 fully saturated rings. The number of anilines is 2. The van der Waals surface area contributed by atoms with Crippen LogP contribution in [0, 0.1) is 0 Å². The summed E-state index contributed by atoms with van der Waals surface area (Å²) in [6.45, 7) is 0. The highest BCUT2D eigenvalue weighted by Crippen LogP contribution is 2.23. The van der Waals surface area contributed by atoms with Gasteiger partial charge in [0, 0.05) is 28.0 Å². The molecule has 132 valence electrons. The van der Waals surface area contributed by atoms with Crippen molar-refractivity contribution in [3.63, 3.8) is 0 Å². The number of carbonyl (C=O) groups is 1. The number of nitrogens with two attached hydrogens (primary N) is 1. The van der Waals surface area contributed by atoms with Crippen molar-refractivity contribution < 1.29 is 17.5 Å². The van der Waals surface area contributed by atoms with Crippen molar-refractivity contribution in [3.05, 3.63) is 78.6 Å². The van der Waals surface area contributed by atoms with Crippen LogP contribution >= 0.6 is 0 Å². The van der Waals surface area contributed by atoms with Gasteiger partial charge in [-0.05, 0) is 60.7 Å². The average Bonchev–Trinajstić information content (AvgIpc) is 2.63. The van der Waals surface area contributed by atoms with Crippen LogP contribution in [0.25, 0.3) is 0 Å².